The summed E-state index contributed by atoms with van der Waals surface area (Å²) in [5, 5.41) is 0.445. The lowest BCUT2D eigenvalue weighted by atomic mass is 10.3. The summed E-state index contributed by atoms with van der Waals surface area (Å²) in [6.07, 6.45) is 3.24. The molecular formula is C18H18N4O5S. The maximum absolute atomic E-state index is 12.0. The van der Waals surface area contributed by atoms with E-state index >= 15 is 0 Å². The number of hydrazine groups is 1. The molecule has 0 aliphatic heterocycles. The summed E-state index contributed by atoms with van der Waals surface area (Å²) in [5.74, 6) is 1.67. The number of thioether (sulfide) groups is 1. The van der Waals surface area contributed by atoms with E-state index in [1.165, 1.54) is 38.3 Å². The van der Waals surface area contributed by atoms with Gasteiger partial charge in [-0.2, -0.15) is 4.98 Å². The van der Waals surface area contributed by atoms with Crippen LogP contribution >= 0.6 is 11.8 Å². The van der Waals surface area contributed by atoms with Crippen LogP contribution in [0.4, 0.5) is 5.82 Å². The summed E-state index contributed by atoms with van der Waals surface area (Å²) in [5.41, 5.74) is 5.23. The Morgan fingerprint density at radius 1 is 1.11 bits per heavy atom. The number of methoxy groups -OCH3 is 2. The Bertz CT molecular complexity index is 927. The maximum atomic E-state index is 12.0. The minimum Gasteiger partial charge on any atom is -0.493 e. The van der Waals surface area contributed by atoms with Crippen LogP contribution in [-0.2, 0) is 0 Å². The van der Waals surface area contributed by atoms with Gasteiger partial charge in [-0.15, -0.1) is 0 Å². The number of anilines is 1. The highest BCUT2D eigenvalue weighted by Gasteiger charge is 2.15. The number of hydrogen-bond acceptors (Lipinski definition) is 9. The topological polar surface area (TPSA) is 108 Å². The molecule has 0 aliphatic rings. The SMILES string of the molecule is COc1cccc(OC)c1Oc1cc(NNC(=O)c2ccco2)nc(SC)n1. The molecule has 2 N–H and O–H groups in total. The zero-order chi connectivity index (χ0) is 19.9. The van der Waals surface area contributed by atoms with Gasteiger partial charge in [0.1, 0.15) is 0 Å². The van der Waals surface area contributed by atoms with Gasteiger partial charge in [-0.1, -0.05) is 17.8 Å². The van der Waals surface area contributed by atoms with Gasteiger partial charge in [0.2, 0.25) is 11.6 Å². The average Bonchev–Trinajstić information content (AvgIpc) is 3.27. The molecule has 1 amide bonds. The van der Waals surface area contributed by atoms with Gasteiger partial charge in [0, 0.05) is 6.07 Å². The molecule has 9 nitrogen and oxygen atoms in total. The molecule has 3 rings (SSSR count). The third-order valence-electron chi connectivity index (χ3n) is 3.50. The first-order valence-electron chi connectivity index (χ1n) is 8.06. The minimum atomic E-state index is -0.442. The molecular weight excluding hydrogens is 384 g/mol. The number of furan rings is 1. The molecule has 0 unspecified atom stereocenters. The summed E-state index contributed by atoms with van der Waals surface area (Å²) in [6, 6.07) is 9.99. The van der Waals surface area contributed by atoms with Crippen molar-refractivity contribution in [2.75, 3.05) is 25.9 Å². The predicted octanol–water partition coefficient (Wildman–Crippen LogP) is 3.36. The van der Waals surface area contributed by atoms with Crippen LogP contribution in [0.1, 0.15) is 10.6 Å². The van der Waals surface area contributed by atoms with Gasteiger partial charge in [-0.05, 0) is 30.5 Å². The van der Waals surface area contributed by atoms with Gasteiger partial charge >= 0.3 is 5.91 Å². The number of carbonyl (C=O) groups is 1. The number of ether oxygens (including phenoxy) is 3. The fourth-order valence-corrected chi connectivity index (χ4v) is 2.59. The zero-order valence-electron chi connectivity index (χ0n) is 15.4. The highest BCUT2D eigenvalue weighted by Crippen LogP contribution is 2.39. The Morgan fingerprint density at radius 2 is 1.86 bits per heavy atom. The lowest BCUT2D eigenvalue weighted by Gasteiger charge is -2.14. The summed E-state index contributed by atoms with van der Waals surface area (Å²) in [4.78, 5) is 20.6. The van der Waals surface area contributed by atoms with E-state index in [1.54, 1.807) is 30.3 Å². The van der Waals surface area contributed by atoms with E-state index < -0.39 is 5.91 Å². The van der Waals surface area contributed by atoms with Gasteiger partial charge in [-0.25, -0.2) is 4.98 Å². The van der Waals surface area contributed by atoms with E-state index in [1.807, 2.05) is 6.26 Å². The number of nitrogens with zero attached hydrogens (tertiary/aromatic N) is 2. The molecule has 0 radical (unpaired) electrons. The number of carbonyl (C=O) groups excluding carboxylic acids is 1. The molecule has 0 fully saturated rings. The maximum Gasteiger partial charge on any atom is 0.305 e. The normalized spacial score (nSPS) is 10.2. The van der Waals surface area contributed by atoms with E-state index in [0.717, 1.165) is 0 Å². The van der Waals surface area contributed by atoms with Gasteiger partial charge < -0.3 is 18.6 Å². The van der Waals surface area contributed by atoms with Crippen LogP contribution in [0.15, 0.2) is 52.2 Å². The van der Waals surface area contributed by atoms with E-state index in [4.69, 9.17) is 18.6 Å². The fraction of sp³-hybridized carbons (Fsp3) is 0.167. The van der Waals surface area contributed by atoms with Gasteiger partial charge in [0.25, 0.3) is 0 Å². The van der Waals surface area contributed by atoms with Crippen molar-refractivity contribution < 1.29 is 23.4 Å². The number of rotatable bonds is 8. The van der Waals surface area contributed by atoms with Crippen LogP contribution in [0.5, 0.6) is 23.1 Å². The van der Waals surface area contributed by atoms with Crippen LogP contribution in [-0.4, -0.2) is 36.4 Å². The van der Waals surface area contributed by atoms with E-state index in [9.17, 15) is 4.79 Å². The average molecular weight is 402 g/mol. The monoisotopic (exact) mass is 402 g/mol. The van der Waals surface area contributed by atoms with Crippen molar-refractivity contribution in [2.24, 2.45) is 0 Å². The Balaban J connectivity index is 1.83. The Kier molecular flexibility index (Phi) is 6.22. The van der Waals surface area contributed by atoms with Gasteiger partial charge in [-0.3, -0.25) is 15.6 Å². The quantitative estimate of drug-likeness (QED) is 0.333. The summed E-state index contributed by atoms with van der Waals surface area (Å²) in [7, 11) is 3.07. The van der Waals surface area contributed by atoms with Crippen molar-refractivity contribution in [3.63, 3.8) is 0 Å². The molecule has 146 valence electrons. The van der Waals surface area contributed by atoms with Crippen LogP contribution in [0.3, 0.4) is 0 Å². The van der Waals surface area contributed by atoms with Crippen molar-refractivity contribution >= 4 is 23.5 Å². The molecule has 0 saturated carbocycles. The first-order valence-corrected chi connectivity index (χ1v) is 9.29. The molecule has 2 aromatic heterocycles. The number of benzene rings is 1. The molecule has 0 spiro atoms. The second-order valence-corrected chi connectivity index (χ2v) is 6.00. The highest BCUT2D eigenvalue weighted by atomic mass is 32.2. The lowest BCUT2D eigenvalue weighted by Crippen LogP contribution is -2.29. The van der Waals surface area contributed by atoms with Crippen LogP contribution in [0.25, 0.3) is 0 Å². The van der Waals surface area contributed by atoms with Crippen molar-refractivity contribution in [1.29, 1.82) is 0 Å². The minimum absolute atomic E-state index is 0.168. The summed E-state index contributed by atoms with van der Waals surface area (Å²) < 4.78 is 21.6. The zero-order valence-corrected chi connectivity index (χ0v) is 16.2. The van der Waals surface area contributed by atoms with Gasteiger partial charge in [0.05, 0.1) is 20.5 Å². The summed E-state index contributed by atoms with van der Waals surface area (Å²) >= 11 is 1.32. The van der Waals surface area contributed by atoms with Crippen molar-refractivity contribution in [3.05, 3.63) is 48.4 Å². The number of amides is 1. The van der Waals surface area contributed by atoms with Crippen molar-refractivity contribution in [1.82, 2.24) is 15.4 Å². The first kappa shape index (κ1) is 19.4. The molecule has 2 heterocycles. The van der Waals surface area contributed by atoms with Gasteiger partial charge in [0.15, 0.2) is 28.2 Å². The van der Waals surface area contributed by atoms with E-state index in [2.05, 4.69) is 20.8 Å². The molecule has 0 bridgehead atoms. The van der Waals surface area contributed by atoms with E-state index in [0.29, 0.717) is 28.2 Å². The smallest absolute Gasteiger partial charge is 0.305 e. The van der Waals surface area contributed by atoms with E-state index in [-0.39, 0.29) is 11.6 Å². The Morgan fingerprint density at radius 3 is 2.46 bits per heavy atom. The Hall–Kier alpha value is -3.40. The second-order valence-electron chi connectivity index (χ2n) is 5.23. The first-order chi connectivity index (χ1) is 13.6. The molecule has 28 heavy (non-hydrogen) atoms. The third kappa shape index (κ3) is 4.46. The number of para-hydroxylation sites is 1. The molecule has 10 heteroatoms. The standard InChI is InChI=1S/C18H18N4O5S/c1-24-11-6-4-7-12(25-2)16(11)27-15-10-14(19-18(20-15)28-3)21-22-17(23)13-8-5-9-26-13/h4-10H,1-3H3,(H,22,23)(H,19,20,21). The number of nitrogens with one attached hydrogen (secondary N) is 2. The second kappa shape index (κ2) is 9.00. The van der Waals surface area contributed by atoms with Crippen molar-refractivity contribution in [2.45, 2.75) is 5.16 Å². The lowest BCUT2D eigenvalue weighted by molar-refractivity contribution is 0.0935. The van der Waals surface area contributed by atoms with Crippen LogP contribution in [0, 0.1) is 0 Å². The Labute approximate surface area is 165 Å². The predicted molar refractivity (Wildman–Crippen MR) is 103 cm³/mol. The fourth-order valence-electron chi connectivity index (χ4n) is 2.22. The van der Waals surface area contributed by atoms with Crippen LogP contribution in [0.2, 0.25) is 0 Å². The molecule has 0 saturated heterocycles. The largest absolute Gasteiger partial charge is 0.493 e. The van der Waals surface area contributed by atoms with Crippen molar-refractivity contribution in [3.8, 4) is 23.1 Å². The number of aromatic nitrogens is 2. The molecule has 3 aromatic rings. The highest BCUT2D eigenvalue weighted by molar-refractivity contribution is 7.98. The van der Waals surface area contributed by atoms with Crippen LogP contribution < -0.4 is 25.1 Å². The molecule has 1 aromatic carbocycles. The number of hydrogen-bond donors (Lipinski definition) is 2. The summed E-state index contributed by atoms with van der Waals surface area (Å²) in [6.45, 7) is 0. The molecule has 0 atom stereocenters. The third-order valence-corrected chi connectivity index (χ3v) is 4.05. The molecule has 0 aliphatic carbocycles.